The van der Waals surface area contributed by atoms with Gasteiger partial charge in [0, 0.05) is 0 Å². The number of nitrogens with one attached hydrogen (secondary N) is 1. The van der Waals surface area contributed by atoms with E-state index in [0.717, 1.165) is 5.56 Å². The van der Waals surface area contributed by atoms with Crippen molar-refractivity contribution in [3.63, 3.8) is 0 Å². The van der Waals surface area contributed by atoms with Crippen LogP contribution < -0.4 is 16.8 Å². The van der Waals surface area contributed by atoms with Crippen LogP contribution in [0.5, 0.6) is 0 Å². The van der Waals surface area contributed by atoms with Crippen molar-refractivity contribution < 1.29 is 14.3 Å². The minimum absolute atomic E-state index is 0.00678. The smallest absolute Gasteiger partial charge is 0.404 e. The van der Waals surface area contributed by atoms with Crippen molar-refractivity contribution in [3.05, 3.63) is 35.9 Å². The van der Waals surface area contributed by atoms with Gasteiger partial charge in [0.25, 0.3) is 0 Å². The van der Waals surface area contributed by atoms with E-state index in [4.69, 9.17) is 11.5 Å². The summed E-state index contributed by atoms with van der Waals surface area (Å²) in [6.07, 6.45) is -0.369. The molecule has 0 aliphatic heterocycles. The number of carbonyl (C=O) groups excluding carboxylic acids is 2. The number of rotatable bonds is 5. The highest BCUT2D eigenvalue weighted by atomic mass is 16.5. The van der Waals surface area contributed by atoms with Gasteiger partial charge in [-0.05, 0) is 12.0 Å². The van der Waals surface area contributed by atoms with E-state index < -0.39 is 12.1 Å². The Morgan fingerprint density at radius 3 is 2.41 bits per heavy atom. The molecule has 0 heterocycles. The Hall–Kier alpha value is -2.24. The molecule has 17 heavy (non-hydrogen) atoms. The summed E-state index contributed by atoms with van der Waals surface area (Å²) in [7, 11) is 0. The minimum atomic E-state index is -0.880. The molecule has 0 saturated carbocycles. The number of ether oxygens (including phenoxy) is 1. The predicted octanol–water partition coefficient (Wildman–Crippen LogP) is 0.361. The van der Waals surface area contributed by atoms with Crippen molar-refractivity contribution in [2.75, 3.05) is 6.61 Å². The summed E-state index contributed by atoms with van der Waals surface area (Å²) in [5.74, 6) is 0. The molecule has 0 saturated heterocycles. The van der Waals surface area contributed by atoms with E-state index in [9.17, 15) is 9.59 Å². The zero-order valence-electron chi connectivity index (χ0n) is 9.26. The fourth-order valence-corrected chi connectivity index (χ4v) is 1.43. The lowest BCUT2D eigenvalue weighted by molar-refractivity contribution is 0.143. The van der Waals surface area contributed by atoms with Crippen LogP contribution in [-0.2, 0) is 11.2 Å². The van der Waals surface area contributed by atoms with Crippen LogP contribution >= 0.6 is 0 Å². The molecule has 0 bridgehead atoms. The second kappa shape index (κ2) is 6.37. The molecule has 1 unspecified atom stereocenters. The van der Waals surface area contributed by atoms with Crippen molar-refractivity contribution >= 4 is 12.1 Å². The molecule has 0 aliphatic rings. The summed E-state index contributed by atoms with van der Waals surface area (Å²) in [6.45, 7) is -0.00678. The van der Waals surface area contributed by atoms with Crippen LogP contribution in [0.4, 0.5) is 9.59 Å². The van der Waals surface area contributed by atoms with Gasteiger partial charge in [0.1, 0.15) is 6.61 Å². The van der Waals surface area contributed by atoms with E-state index in [1.54, 1.807) is 0 Å². The number of amides is 3. The normalized spacial score (nSPS) is 11.5. The maximum absolute atomic E-state index is 10.8. The number of benzene rings is 1. The number of primary amides is 2. The van der Waals surface area contributed by atoms with Gasteiger partial charge in [-0.25, -0.2) is 9.59 Å². The van der Waals surface area contributed by atoms with Crippen LogP contribution in [0.3, 0.4) is 0 Å². The van der Waals surface area contributed by atoms with Gasteiger partial charge < -0.3 is 21.5 Å². The third kappa shape index (κ3) is 5.41. The van der Waals surface area contributed by atoms with E-state index in [-0.39, 0.29) is 12.6 Å². The molecule has 1 rings (SSSR count). The van der Waals surface area contributed by atoms with E-state index in [2.05, 4.69) is 10.1 Å². The first-order chi connectivity index (χ1) is 8.08. The summed E-state index contributed by atoms with van der Waals surface area (Å²) in [5, 5.41) is 2.49. The van der Waals surface area contributed by atoms with Crippen LogP contribution in [-0.4, -0.2) is 24.8 Å². The van der Waals surface area contributed by atoms with E-state index in [0.29, 0.717) is 6.42 Å². The Kier molecular flexibility index (Phi) is 4.80. The summed E-state index contributed by atoms with van der Waals surface area (Å²) in [6, 6.07) is 8.40. The van der Waals surface area contributed by atoms with Crippen molar-refractivity contribution in [1.29, 1.82) is 0 Å². The minimum Gasteiger partial charge on any atom is -0.448 e. The lowest BCUT2D eigenvalue weighted by atomic mass is 10.1. The SMILES string of the molecule is NC(=O)NC(COC(N)=O)Cc1ccccc1. The lowest BCUT2D eigenvalue weighted by Crippen LogP contribution is -2.43. The largest absolute Gasteiger partial charge is 0.448 e. The van der Waals surface area contributed by atoms with Crippen LogP contribution in [0.15, 0.2) is 30.3 Å². The van der Waals surface area contributed by atoms with Crippen LogP contribution in [0, 0.1) is 0 Å². The molecule has 0 radical (unpaired) electrons. The summed E-state index contributed by atoms with van der Waals surface area (Å²) in [5.41, 5.74) is 10.9. The fourth-order valence-electron chi connectivity index (χ4n) is 1.43. The molecule has 5 N–H and O–H groups in total. The van der Waals surface area contributed by atoms with Gasteiger partial charge >= 0.3 is 12.1 Å². The predicted molar refractivity (Wildman–Crippen MR) is 62.2 cm³/mol. The molecule has 0 spiro atoms. The molecule has 1 aromatic rings. The van der Waals surface area contributed by atoms with Gasteiger partial charge in [0.15, 0.2) is 0 Å². The number of hydrogen-bond donors (Lipinski definition) is 3. The lowest BCUT2D eigenvalue weighted by Gasteiger charge is -2.16. The van der Waals surface area contributed by atoms with Crippen LogP contribution in [0.2, 0.25) is 0 Å². The Morgan fingerprint density at radius 1 is 1.24 bits per heavy atom. The number of hydrogen-bond acceptors (Lipinski definition) is 3. The summed E-state index contributed by atoms with van der Waals surface area (Å²) in [4.78, 5) is 21.3. The topological polar surface area (TPSA) is 107 Å². The zero-order valence-corrected chi connectivity index (χ0v) is 9.26. The molecule has 0 aliphatic carbocycles. The van der Waals surface area contributed by atoms with Crippen molar-refractivity contribution in [3.8, 4) is 0 Å². The molecule has 6 heteroatoms. The van der Waals surface area contributed by atoms with Crippen LogP contribution in [0.25, 0.3) is 0 Å². The number of nitrogens with two attached hydrogens (primary N) is 2. The molecule has 92 valence electrons. The van der Waals surface area contributed by atoms with Gasteiger partial charge in [0.05, 0.1) is 6.04 Å². The maximum Gasteiger partial charge on any atom is 0.404 e. The van der Waals surface area contributed by atoms with E-state index in [1.165, 1.54) is 0 Å². The fraction of sp³-hybridized carbons (Fsp3) is 0.273. The van der Waals surface area contributed by atoms with Crippen molar-refractivity contribution in [2.45, 2.75) is 12.5 Å². The third-order valence-corrected chi connectivity index (χ3v) is 2.10. The Bertz CT molecular complexity index is 381. The molecular formula is C11H15N3O3. The Morgan fingerprint density at radius 2 is 1.88 bits per heavy atom. The van der Waals surface area contributed by atoms with Gasteiger partial charge in [-0.1, -0.05) is 30.3 Å². The Balaban J connectivity index is 2.56. The standard InChI is InChI=1S/C11H15N3O3/c12-10(15)14-9(7-17-11(13)16)6-8-4-2-1-3-5-8/h1-5,9H,6-7H2,(H2,13,16)(H3,12,14,15). The summed E-state index contributed by atoms with van der Waals surface area (Å²) < 4.78 is 4.65. The van der Waals surface area contributed by atoms with Gasteiger partial charge in [-0.3, -0.25) is 0 Å². The first-order valence-corrected chi connectivity index (χ1v) is 5.10. The Labute approximate surface area is 98.9 Å². The first kappa shape index (κ1) is 12.8. The van der Waals surface area contributed by atoms with Gasteiger partial charge in [-0.2, -0.15) is 0 Å². The number of urea groups is 1. The second-order valence-electron chi connectivity index (χ2n) is 3.53. The zero-order chi connectivity index (χ0) is 12.7. The highest BCUT2D eigenvalue weighted by Crippen LogP contribution is 2.03. The van der Waals surface area contributed by atoms with E-state index >= 15 is 0 Å². The second-order valence-corrected chi connectivity index (χ2v) is 3.53. The molecule has 0 fully saturated rings. The van der Waals surface area contributed by atoms with E-state index in [1.807, 2.05) is 30.3 Å². The summed E-state index contributed by atoms with van der Waals surface area (Å²) >= 11 is 0. The number of carbonyl (C=O) groups is 2. The van der Waals surface area contributed by atoms with Crippen LogP contribution in [0.1, 0.15) is 5.56 Å². The monoisotopic (exact) mass is 237 g/mol. The molecular weight excluding hydrogens is 222 g/mol. The molecule has 1 atom stereocenters. The quantitative estimate of drug-likeness (QED) is 0.688. The maximum atomic E-state index is 10.8. The molecule has 0 aromatic heterocycles. The molecule has 1 aromatic carbocycles. The highest BCUT2D eigenvalue weighted by Gasteiger charge is 2.13. The van der Waals surface area contributed by atoms with Crippen molar-refractivity contribution in [2.24, 2.45) is 11.5 Å². The first-order valence-electron chi connectivity index (χ1n) is 5.10. The third-order valence-electron chi connectivity index (χ3n) is 2.10. The van der Waals surface area contributed by atoms with Gasteiger partial charge in [0.2, 0.25) is 0 Å². The molecule has 3 amide bonds. The molecule has 6 nitrogen and oxygen atoms in total. The average molecular weight is 237 g/mol. The van der Waals surface area contributed by atoms with Crippen molar-refractivity contribution in [1.82, 2.24) is 5.32 Å². The highest BCUT2D eigenvalue weighted by molar-refractivity contribution is 5.72. The van der Waals surface area contributed by atoms with Gasteiger partial charge in [-0.15, -0.1) is 0 Å². The average Bonchev–Trinajstić information content (AvgIpc) is 2.26.